The van der Waals surface area contributed by atoms with Gasteiger partial charge in [-0.1, -0.05) is 228 Å². The summed E-state index contributed by atoms with van der Waals surface area (Å²) in [5.74, 6) is 1.23. The lowest BCUT2D eigenvalue weighted by Gasteiger charge is -2.32. The molecule has 0 radical (unpaired) electrons. The van der Waals surface area contributed by atoms with E-state index < -0.39 is 0 Å². The van der Waals surface area contributed by atoms with Crippen LogP contribution >= 0.6 is 38.6 Å². The Morgan fingerprint density at radius 2 is 0.527 bits per heavy atom. The predicted octanol–water partition coefficient (Wildman–Crippen LogP) is 26.1. The number of aromatic nitrogens is 6. The van der Waals surface area contributed by atoms with E-state index in [1.165, 1.54) is 133 Å². The summed E-state index contributed by atoms with van der Waals surface area (Å²) in [5.41, 5.74) is 16.5. The minimum Gasteiger partial charge on any atom is -0.399 e. The summed E-state index contributed by atoms with van der Waals surface area (Å²) in [4.78, 5) is 28.0. The number of fused-ring (bicyclic) bond motifs is 6. The van der Waals surface area contributed by atoms with E-state index in [0.29, 0.717) is 57.2 Å². The maximum Gasteiger partial charge on any atom is 0.496 e. The molecule has 1 aliphatic heterocycles. The van der Waals surface area contributed by atoms with Crippen molar-refractivity contribution in [2.24, 2.45) is 0 Å². The molecule has 16 heteroatoms. The molecule has 0 N–H and O–H groups in total. The van der Waals surface area contributed by atoms with Crippen LogP contribution < -0.4 is 5.46 Å². The number of nitrogens with zero attached hydrogens (tertiary/aromatic N) is 6. The predicted molar refractivity (Wildman–Crippen MR) is 455 cm³/mol. The van der Waals surface area contributed by atoms with Gasteiger partial charge >= 0.3 is 7.12 Å². The van der Waals surface area contributed by atoms with Crippen LogP contribution in [0.5, 0.6) is 0 Å². The van der Waals surface area contributed by atoms with E-state index in [1.807, 2.05) is 53.8 Å². The summed E-state index contributed by atoms with van der Waals surface area (Å²) in [7, 11) is -0.365. The summed E-state index contributed by atoms with van der Waals surface area (Å²) in [6.07, 6.45) is 0. The third-order valence-corrected chi connectivity index (χ3v) is 23.5. The van der Waals surface area contributed by atoms with Crippen LogP contribution in [0.15, 0.2) is 332 Å². The number of benzene rings is 14. The fourth-order valence-electron chi connectivity index (χ4n) is 13.8. The fraction of sp³-hybridized carbons (Fsp3) is 0.0625. The number of halogens is 5. The molecule has 112 heavy (non-hydrogen) atoms. The first-order chi connectivity index (χ1) is 54.5. The monoisotopic (exact) mass is 1560 g/mol. The van der Waals surface area contributed by atoms with Crippen molar-refractivity contribution >= 4 is 91.5 Å². The summed E-state index contributed by atoms with van der Waals surface area (Å²) in [5, 5.41) is 4.97. The van der Waals surface area contributed by atoms with E-state index in [9.17, 15) is 17.6 Å². The number of thiophene rings is 2. The standard InChI is InChI=1S/C45H27F2N3S.C30H27BO2S.C21H12BrF2N3/c46-35-23-19-31(20-24-35)43-48-44(32-21-25-36(47)26-22-32)50-45(49-43)34-10-4-9-33(27-34)38-12-6-14-40-39-13-5-11-37(41(39)51-42(38)40)30-17-15-29(16-18-30)28-7-2-1-3-8-28;1-29(2)30(3,4)33-31(32-29)26-15-9-14-25-24-13-8-12-23(27(24)34-28(25)26)22-18-16-21(17-19-22)20-10-6-5-7-11-20;22-16-3-1-2-15(12-16)21-26-19(13-4-8-17(23)9-5-13)25-20(27-21)14-6-10-18(24)11-7-14/h1-27H;5-19H,1-4H3;1-12H. The van der Waals surface area contributed by atoms with Crippen LogP contribution in [0.4, 0.5) is 17.6 Å². The zero-order valence-corrected chi connectivity index (χ0v) is 64.2. The van der Waals surface area contributed by atoms with E-state index in [-0.39, 0.29) is 41.6 Å². The van der Waals surface area contributed by atoms with Crippen LogP contribution in [0.3, 0.4) is 0 Å². The Labute approximate surface area is 661 Å². The Morgan fingerprint density at radius 1 is 0.259 bits per heavy atom. The van der Waals surface area contributed by atoms with Gasteiger partial charge in [0, 0.05) is 78.3 Å². The zero-order chi connectivity index (χ0) is 76.6. The quantitative estimate of drug-likeness (QED) is 0.0882. The van der Waals surface area contributed by atoms with Gasteiger partial charge in [0.15, 0.2) is 34.9 Å². The molecular formula is C96H66BBrF4N6O2S2. The Morgan fingerprint density at radius 3 is 0.902 bits per heavy atom. The highest BCUT2D eigenvalue weighted by atomic mass is 79.9. The molecule has 5 heterocycles. The first kappa shape index (κ1) is 72.6. The molecule has 0 aliphatic carbocycles. The first-order valence-electron chi connectivity index (χ1n) is 36.5. The van der Waals surface area contributed by atoms with Gasteiger partial charge in [-0.25, -0.2) is 47.5 Å². The third kappa shape index (κ3) is 15.0. The van der Waals surface area contributed by atoms with Crippen molar-refractivity contribution in [1.29, 1.82) is 0 Å². The molecule has 14 aromatic carbocycles. The highest BCUT2D eigenvalue weighted by Gasteiger charge is 2.52. The molecule has 0 amide bonds. The second-order valence-corrected chi connectivity index (χ2v) is 31.1. The molecule has 1 fully saturated rings. The summed E-state index contributed by atoms with van der Waals surface area (Å²) in [6, 6.07) is 105. The smallest absolute Gasteiger partial charge is 0.399 e. The van der Waals surface area contributed by atoms with E-state index in [0.717, 1.165) is 32.2 Å². The molecular weight excluding hydrogens is 1500 g/mol. The number of rotatable bonds is 12. The molecule has 542 valence electrons. The lowest BCUT2D eigenvalue weighted by Crippen LogP contribution is -2.41. The second-order valence-electron chi connectivity index (χ2n) is 28.2. The van der Waals surface area contributed by atoms with Crippen molar-refractivity contribution < 1.29 is 26.9 Å². The van der Waals surface area contributed by atoms with Crippen LogP contribution in [0.2, 0.25) is 0 Å². The molecule has 1 saturated heterocycles. The van der Waals surface area contributed by atoms with Crippen molar-refractivity contribution in [2.75, 3.05) is 0 Å². The van der Waals surface area contributed by atoms with Crippen LogP contribution in [-0.4, -0.2) is 48.2 Å². The number of hydrogen-bond donors (Lipinski definition) is 0. The van der Waals surface area contributed by atoms with Gasteiger partial charge in [-0.15, -0.1) is 22.7 Å². The van der Waals surface area contributed by atoms with Gasteiger partial charge in [-0.2, -0.15) is 0 Å². The number of hydrogen-bond acceptors (Lipinski definition) is 10. The Kier molecular flexibility index (Phi) is 20.0. The van der Waals surface area contributed by atoms with Crippen molar-refractivity contribution in [3.8, 4) is 124 Å². The molecule has 18 aromatic rings. The molecule has 4 aromatic heterocycles. The zero-order valence-electron chi connectivity index (χ0n) is 61.0. The summed E-state index contributed by atoms with van der Waals surface area (Å²) in [6.45, 7) is 8.43. The van der Waals surface area contributed by atoms with Gasteiger partial charge in [0.2, 0.25) is 0 Å². The topological polar surface area (TPSA) is 95.8 Å². The van der Waals surface area contributed by atoms with E-state index >= 15 is 0 Å². The van der Waals surface area contributed by atoms with Gasteiger partial charge < -0.3 is 9.31 Å². The fourth-order valence-corrected chi connectivity index (χ4v) is 17.0. The van der Waals surface area contributed by atoms with E-state index in [2.05, 4.69) is 247 Å². The highest BCUT2D eigenvalue weighted by Crippen LogP contribution is 2.46. The Bertz CT molecular complexity index is 6350. The van der Waals surface area contributed by atoms with Crippen molar-refractivity contribution in [3.63, 3.8) is 0 Å². The lowest BCUT2D eigenvalue weighted by molar-refractivity contribution is 0.00578. The molecule has 0 unspecified atom stereocenters. The molecule has 1 aliphatic rings. The average molecular weight is 1570 g/mol. The molecule has 8 nitrogen and oxygen atoms in total. The van der Waals surface area contributed by atoms with Crippen LogP contribution in [0, 0.1) is 23.3 Å². The van der Waals surface area contributed by atoms with Crippen molar-refractivity contribution in [1.82, 2.24) is 29.9 Å². The molecule has 0 saturated carbocycles. The van der Waals surface area contributed by atoms with E-state index in [4.69, 9.17) is 24.3 Å². The Balaban J connectivity index is 0.000000129. The second kappa shape index (κ2) is 30.9. The highest BCUT2D eigenvalue weighted by molar-refractivity contribution is 9.10. The minimum atomic E-state index is -0.365. The van der Waals surface area contributed by atoms with Gasteiger partial charge in [-0.3, -0.25) is 0 Å². The lowest BCUT2D eigenvalue weighted by atomic mass is 9.78. The molecule has 0 atom stereocenters. The van der Waals surface area contributed by atoms with E-state index in [1.54, 1.807) is 59.9 Å². The molecule has 0 bridgehead atoms. The van der Waals surface area contributed by atoms with Crippen LogP contribution in [0.1, 0.15) is 27.7 Å². The first-order valence-corrected chi connectivity index (χ1v) is 38.9. The average Bonchev–Trinajstić information content (AvgIpc) is 1.59. The van der Waals surface area contributed by atoms with Gasteiger partial charge in [0.25, 0.3) is 0 Å². The summed E-state index contributed by atoms with van der Waals surface area (Å²) >= 11 is 7.09. The summed E-state index contributed by atoms with van der Waals surface area (Å²) < 4.78 is 72.9. The maximum atomic E-state index is 13.8. The van der Waals surface area contributed by atoms with Crippen molar-refractivity contribution in [2.45, 2.75) is 38.9 Å². The third-order valence-electron chi connectivity index (χ3n) is 20.4. The van der Waals surface area contributed by atoms with Crippen molar-refractivity contribution in [3.05, 3.63) is 355 Å². The van der Waals surface area contributed by atoms with Gasteiger partial charge in [0.1, 0.15) is 23.3 Å². The Hall–Kier alpha value is -12.3. The van der Waals surface area contributed by atoms with Crippen LogP contribution in [-0.2, 0) is 9.31 Å². The molecule has 0 spiro atoms. The SMILES string of the molecule is CC1(C)OB(c2cccc3c2sc2c(-c4ccc(-c5ccccc5)cc4)cccc23)OC1(C)C.Fc1ccc(-c2nc(-c3ccc(F)cc3)nc(-c3cccc(-c4cccc5c4sc4c(-c6ccc(-c7ccccc7)cc6)cccc45)c3)n2)cc1.Fc1ccc(-c2nc(-c3ccc(F)cc3)nc(-c3cccc(Br)c3)n2)cc1. The largest absolute Gasteiger partial charge is 0.496 e. The van der Waals surface area contributed by atoms with Crippen LogP contribution in [0.25, 0.3) is 164 Å². The molecule has 19 rings (SSSR count). The van der Waals surface area contributed by atoms with Gasteiger partial charge in [0.05, 0.1) is 11.2 Å². The van der Waals surface area contributed by atoms with Gasteiger partial charge in [-0.05, 0) is 204 Å². The normalized spacial score (nSPS) is 12.9. The maximum absolute atomic E-state index is 13.8. The minimum absolute atomic E-state index is 0.334.